The van der Waals surface area contributed by atoms with Gasteiger partial charge in [-0.3, -0.25) is 4.98 Å². The summed E-state index contributed by atoms with van der Waals surface area (Å²) in [5.74, 6) is 0.659. The third kappa shape index (κ3) is 4.10. The van der Waals surface area contributed by atoms with E-state index in [1.165, 1.54) is 0 Å². The number of aromatic nitrogens is 1. The van der Waals surface area contributed by atoms with Crippen molar-refractivity contribution in [1.82, 2.24) is 10.3 Å². The predicted octanol–water partition coefficient (Wildman–Crippen LogP) is 4.49. The van der Waals surface area contributed by atoms with E-state index < -0.39 is 0 Å². The van der Waals surface area contributed by atoms with Crippen LogP contribution in [0.25, 0.3) is 0 Å². The van der Waals surface area contributed by atoms with Crippen LogP contribution in [0, 0.1) is 0 Å². The summed E-state index contributed by atoms with van der Waals surface area (Å²) in [6.07, 6.45) is 2.69. The summed E-state index contributed by atoms with van der Waals surface area (Å²) in [6, 6.07) is 9.51. The van der Waals surface area contributed by atoms with E-state index in [1.54, 1.807) is 13.3 Å². The van der Waals surface area contributed by atoms with Crippen molar-refractivity contribution >= 4 is 23.2 Å². The average Bonchev–Trinajstić information content (AvgIpc) is 2.50. The predicted molar refractivity (Wildman–Crippen MR) is 87.4 cm³/mol. The number of nitrogens with one attached hydrogen (secondary N) is 1. The van der Waals surface area contributed by atoms with Gasteiger partial charge in [-0.15, -0.1) is 0 Å². The molecule has 0 aliphatic heterocycles. The summed E-state index contributed by atoms with van der Waals surface area (Å²) in [5, 5.41) is 4.71. The fourth-order valence-electron chi connectivity index (χ4n) is 2.10. The van der Waals surface area contributed by atoms with E-state index in [-0.39, 0.29) is 6.04 Å². The van der Waals surface area contributed by atoms with Crippen LogP contribution in [0.2, 0.25) is 10.0 Å². The van der Waals surface area contributed by atoms with Crippen molar-refractivity contribution in [3.63, 3.8) is 0 Å². The van der Waals surface area contributed by atoms with Crippen LogP contribution in [0.3, 0.4) is 0 Å². The molecule has 1 aromatic heterocycles. The van der Waals surface area contributed by atoms with Gasteiger partial charge in [-0.1, -0.05) is 36.2 Å². The van der Waals surface area contributed by atoms with Gasteiger partial charge in [0.2, 0.25) is 0 Å². The van der Waals surface area contributed by atoms with Gasteiger partial charge in [0.25, 0.3) is 0 Å². The Hall–Kier alpha value is -1.29. The molecule has 2 aromatic rings. The zero-order chi connectivity index (χ0) is 15.2. The molecule has 5 heteroatoms. The van der Waals surface area contributed by atoms with Gasteiger partial charge in [0.15, 0.2) is 0 Å². The van der Waals surface area contributed by atoms with Gasteiger partial charge in [0.05, 0.1) is 28.9 Å². The molecule has 0 saturated carbocycles. The SMILES string of the molecule is CCCNC(c1ccc(Cl)c(OC)c1)c1ccc(Cl)cn1. The molecule has 1 aromatic carbocycles. The second-order valence-electron chi connectivity index (χ2n) is 4.68. The van der Waals surface area contributed by atoms with Crippen LogP contribution in [-0.2, 0) is 0 Å². The Labute approximate surface area is 135 Å². The smallest absolute Gasteiger partial charge is 0.137 e. The number of rotatable bonds is 6. The van der Waals surface area contributed by atoms with Gasteiger partial charge < -0.3 is 10.1 Å². The number of halogens is 2. The topological polar surface area (TPSA) is 34.1 Å². The average molecular weight is 325 g/mol. The van der Waals surface area contributed by atoms with E-state index in [0.717, 1.165) is 24.2 Å². The Morgan fingerprint density at radius 1 is 1.24 bits per heavy atom. The standard InChI is InChI=1S/C16H18Cl2N2O/c1-3-8-19-16(14-7-5-12(17)10-20-14)11-4-6-13(18)15(9-11)21-2/h4-7,9-10,16,19H,3,8H2,1-2H3. The van der Waals surface area contributed by atoms with Crippen molar-refractivity contribution in [2.75, 3.05) is 13.7 Å². The largest absolute Gasteiger partial charge is 0.495 e. The molecule has 1 unspecified atom stereocenters. The van der Waals surface area contributed by atoms with Crippen molar-refractivity contribution in [2.24, 2.45) is 0 Å². The number of hydrogen-bond donors (Lipinski definition) is 1. The van der Waals surface area contributed by atoms with Gasteiger partial charge >= 0.3 is 0 Å². The zero-order valence-electron chi connectivity index (χ0n) is 12.1. The molecule has 1 heterocycles. The summed E-state index contributed by atoms with van der Waals surface area (Å²) in [4.78, 5) is 4.42. The summed E-state index contributed by atoms with van der Waals surface area (Å²) in [7, 11) is 1.61. The second kappa shape index (κ2) is 7.64. The highest BCUT2D eigenvalue weighted by Crippen LogP contribution is 2.30. The monoisotopic (exact) mass is 324 g/mol. The molecule has 21 heavy (non-hydrogen) atoms. The Kier molecular flexibility index (Phi) is 5.85. The lowest BCUT2D eigenvalue weighted by Gasteiger charge is -2.19. The first-order valence-electron chi connectivity index (χ1n) is 6.84. The molecular formula is C16H18Cl2N2O. The molecule has 0 amide bonds. The fourth-order valence-corrected chi connectivity index (χ4v) is 2.40. The van der Waals surface area contributed by atoms with E-state index in [0.29, 0.717) is 15.8 Å². The minimum Gasteiger partial charge on any atom is -0.495 e. The first-order valence-corrected chi connectivity index (χ1v) is 7.59. The first-order chi connectivity index (χ1) is 10.2. The first kappa shape index (κ1) is 16.1. The molecule has 112 valence electrons. The minimum atomic E-state index is -0.0200. The van der Waals surface area contributed by atoms with Crippen molar-refractivity contribution in [3.8, 4) is 5.75 Å². The number of benzene rings is 1. The number of nitrogens with zero attached hydrogens (tertiary/aromatic N) is 1. The third-order valence-electron chi connectivity index (χ3n) is 3.15. The Morgan fingerprint density at radius 3 is 2.67 bits per heavy atom. The van der Waals surface area contributed by atoms with Gasteiger partial charge in [-0.25, -0.2) is 0 Å². The molecule has 1 N–H and O–H groups in total. The number of pyridine rings is 1. The fraction of sp³-hybridized carbons (Fsp3) is 0.312. The molecule has 0 spiro atoms. The van der Waals surface area contributed by atoms with Gasteiger partial charge in [0.1, 0.15) is 5.75 Å². The normalized spacial score (nSPS) is 12.2. The molecule has 0 fully saturated rings. The maximum atomic E-state index is 6.09. The molecule has 0 aliphatic carbocycles. The number of ether oxygens (including phenoxy) is 1. The highest BCUT2D eigenvalue weighted by atomic mass is 35.5. The highest BCUT2D eigenvalue weighted by Gasteiger charge is 2.16. The minimum absolute atomic E-state index is 0.0200. The number of hydrogen-bond acceptors (Lipinski definition) is 3. The molecule has 1 atom stereocenters. The maximum absolute atomic E-state index is 6.09. The van der Waals surface area contributed by atoms with Crippen molar-refractivity contribution in [2.45, 2.75) is 19.4 Å². The molecule has 0 aliphatic rings. The molecule has 0 saturated heterocycles. The third-order valence-corrected chi connectivity index (χ3v) is 3.69. The van der Waals surface area contributed by atoms with Crippen LogP contribution in [0.5, 0.6) is 5.75 Å². The van der Waals surface area contributed by atoms with Crippen LogP contribution in [-0.4, -0.2) is 18.6 Å². The summed E-state index contributed by atoms with van der Waals surface area (Å²) in [6.45, 7) is 3.02. The summed E-state index contributed by atoms with van der Waals surface area (Å²) in [5.41, 5.74) is 1.97. The molecule has 0 bridgehead atoms. The van der Waals surface area contributed by atoms with E-state index in [1.807, 2.05) is 30.3 Å². The molecule has 3 nitrogen and oxygen atoms in total. The molecule has 0 radical (unpaired) electrons. The van der Waals surface area contributed by atoms with Crippen molar-refractivity contribution in [3.05, 3.63) is 57.8 Å². The van der Waals surface area contributed by atoms with Crippen molar-refractivity contribution < 1.29 is 4.74 Å². The van der Waals surface area contributed by atoms with Crippen LogP contribution in [0.4, 0.5) is 0 Å². The lowest BCUT2D eigenvalue weighted by atomic mass is 10.0. The van der Waals surface area contributed by atoms with E-state index in [4.69, 9.17) is 27.9 Å². The van der Waals surface area contributed by atoms with Gasteiger partial charge in [-0.2, -0.15) is 0 Å². The molecule has 2 rings (SSSR count). The lowest BCUT2D eigenvalue weighted by molar-refractivity contribution is 0.413. The Balaban J connectivity index is 2.37. The maximum Gasteiger partial charge on any atom is 0.137 e. The van der Waals surface area contributed by atoms with E-state index in [2.05, 4.69) is 17.2 Å². The second-order valence-corrected chi connectivity index (χ2v) is 5.53. The van der Waals surface area contributed by atoms with Crippen LogP contribution < -0.4 is 10.1 Å². The Bertz CT molecular complexity index is 587. The van der Waals surface area contributed by atoms with Crippen LogP contribution in [0.15, 0.2) is 36.5 Å². The van der Waals surface area contributed by atoms with Crippen LogP contribution >= 0.6 is 23.2 Å². The van der Waals surface area contributed by atoms with Crippen LogP contribution in [0.1, 0.15) is 30.6 Å². The lowest BCUT2D eigenvalue weighted by Crippen LogP contribution is -2.24. The highest BCUT2D eigenvalue weighted by molar-refractivity contribution is 6.32. The van der Waals surface area contributed by atoms with Crippen molar-refractivity contribution in [1.29, 1.82) is 0 Å². The summed E-state index contributed by atoms with van der Waals surface area (Å²) >= 11 is 12.0. The zero-order valence-corrected chi connectivity index (χ0v) is 13.6. The number of methoxy groups -OCH3 is 1. The quantitative estimate of drug-likeness (QED) is 0.850. The molecular weight excluding hydrogens is 307 g/mol. The Morgan fingerprint density at radius 2 is 2.05 bits per heavy atom. The summed E-state index contributed by atoms with van der Waals surface area (Å²) < 4.78 is 5.29. The van der Waals surface area contributed by atoms with Gasteiger partial charge in [0, 0.05) is 6.20 Å². The van der Waals surface area contributed by atoms with E-state index in [9.17, 15) is 0 Å². The van der Waals surface area contributed by atoms with Gasteiger partial charge in [-0.05, 0) is 42.8 Å². The van der Waals surface area contributed by atoms with E-state index >= 15 is 0 Å².